The third-order valence-corrected chi connectivity index (χ3v) is 5.34. The third-order valence-electron chi connectivity index (χ3n) is 5.34. The van der Waals surface area contributed by atoms with E-state index in [0.29, 0.717) is 18.6 Å². The summed E-state index contributed by atoms with van der Waals surface area (Å²) in [4.78, 5) is 24.1. The lowest BCUT2D eigenvalue weighted by atomic mass is 9.82. The molecule has 2 bridgehead atoms. The zero-order valence-corrected chi connectivity index (χ0v) is 16.0. The van der Waals surface area contributed by atoms with E-state index in [1.807, 2.05) is 0 Å². The molecule has 3 heterocycles. The number of aliphatic hydroxyl groups is 2. The highest BCUT2D eigenvalue weighted by atomic mass is 16.7. The van der Waals surface area contributed by atoms with Crippen LogP contribution in [0.4, 0.5) is 0 Å². The zero-order chi connectivity index (χ0) is 20.0. The molecule has 0 aromatic rings. The molecular formula is C19H26O8. The van der Waals surface area contributed by atoms with Gasteiger partial charge >= 0.3 is 11.9 Å². The summed E-state index contributed by atoms with van der Waals surface area (Å²) >= 11 is 0. The lowest BCUT2D eigenvalue weighted by Gasteiger charge is -2.40. The molecule has 1 fully saturated rings. The van der Waals surface area contributed by atoms with E-state index in [-0.39, 0.29) is 30.8 Å². The Hall–Kier alpha value is -1.74. The summed E-state index contributed by atoms with van der Waals surface area (Å²) in [6.45, 7) is 6.59. The number of esters is 2. The largest absolute Gasteiger partial charge is 0.457 e. The quantitative estimate of drug-likeness (QED) is 0.696. The van der Waals surface area contributed by atoms with E-state index in [9.17, 15) is 19.8 Å². The maximum Gasteiger partial charge on any atom is 0.342 e. The minimum Gasteiger partial charge on any atom is -0.457 e. The first-order valence-electron chi connectivity index (χ1n) is 9.08. The maximum atomic E-state index is 12.4. The van der Waals surface area contributed by atoms with Gasteiger partial charge in [0.05, 0.1) is 17.8 Å². The minimum absolute atomic E-state index is 0.0102. The second kappa shape index (κ2) is 6.70. The van der Waals surface area contributed by atoms with Gasteiger partial charge in [-0.3, -0.25) is 4.79 Å². The van der Waals surface area contributed by atoms with E-state index in [2.05, 4.69) is 0 Å². The van der Waals surface area contributed by atoms with Gasteiger partial charge in [0.15, 0.2) is 5.79 Å². The SMILES string of the molecule is CCOCC1=C2/C(=C\[C@@]3(C)CC[C@](O)(O3)[C@@](C)(O)C[C@H]2OC(C)=O)OC1=O. The summed E-state index contributed by atoms with van der Waals surface area (Å²) in [5.74, 6) is -2.77. The van der Waals surface area contributed by atoms with Crippen LogP contribution in [0.2, 0.25) is 0 Å². The molecule has 1 saturated heterocycles. The molecule has 3 rings (SSSR count). The van der Waals surface area contributed by atoms with Gasteiger partial charge in [0, 0.05) is 31.9 Å². The Labute approximate surface area is 157 Å². The Balaban J connectivity index is 2.16. The Bertz CT molecular complexity index is 721. The van der Waals surface area contributed by atoms with Crippen molar-refractivity contribution in [3.63, 3.8) is 0 Å². The Morgan fingerprint density at radius 3 is 2.67 bits per heavy atom. The van der Waals surface area contributed by atoms with Crippen molar-refractivity contribution in [1.82, 2.24) is 0 Å². The molecule has 0 aromatic heterocycles. The van der Waals surface area contributed by atoms with Crippen molar-refractivity contribution in [2.24, 2.45) is 0 Å². The van der Waals surface area contributed by atoms with Crippen LogP contribution in [0.1, 0.15) is 47.0 Å². The van der Waals surface area contributed by atoms with Crippen LogP contribution in [0.5, 0.6) is 0 Å². The molecule has 8 heteroatoms. The molecule has 0 spiro atoms. The Morgan fingerprint density at radius 1 is 1.33 bits per heavy atom. The molecule has 2 N–H and O–H groups in total. The standard InChI is InChI=1S/C19H26O8/c1-5-24-10-12-15-13(26-16(12)21)8-17(3)6-7-19(23,27-17)18(4,22)9-14(15)25-11(2)20/h8,14,22-23H,5-7,9-10H2,1-4H3/b13-8+/t14-,17-,18+,19+/m1/s1. The highest BCUT2D eigenvalue weighted by Crippen LogP contribution is 2.49. The average molecular weight is 382 g/mol. The van der Waals surface area contributed by atoms with Crippen LogP contribution in [0.25, 0.3) is 0 Å². The summed E-state index contributed by atoms with van der Waals surface area (Å²) < 4.78 is 22.1. The molecule has 3 aliphatic heterocycles. The molecule has 0 amide bonds. The van der Waals surface area contributed by atoms with Gasteiger partial charge in [-0.15, -0.1) is 0 Å². The van der Waals surface area contributed by atoms with Crippen LogP contribution in [-0.2, 0) is 28.5 Å². The normalized spacial score (nSPS) is 40.4. The van der Waals surface area contributed by atoms with Crippen molar-refractivity contribution in [1.29, 1.82) is 0 Å². The molecule has 4 atom stereocenters. The van der Waals surface area contributed by atoms with E-state index in [4.69, 9.17) is 18.9 Å². The van der Waals surface area contributed by atoms with Crippen molar-refractivity contribution in [2.75, 3.05) is 13.2 Å². The van der Waals surface area contributed by atoms with Crippen LogP contribution < -0.4 is 0 Å². The van der Waals surface area contributed by atoms with Gasteiger partial charge < -0.3 is 29.2 Å². The smallest absolute Gasteiger partial charge is 0.342 e. The fraction of sp³-hybridized carbons (Fsp3) is 0.684. The molecule has 150 valence electrons. The van der Waals surface area contributed by atoms with Gasteiger partial charge in [0.1, 0.15) is 17.5 Å². The van der Waals surface area contributed by atoms with Crippen LogP contribution in [0.3, 0.4) is 0 Å². The third kappa shape index (κ3) is 3.54. The van der Waals surface area contributed by atoms with Crippen molar-refractivity contribution in [2.45, 2.75) is 70.1 Å². The second-order valence-corrected chi connectivity index (χ2v) is 7.70. The van der Waals surface area contributed by atoms with Crippen LogP contribution >= 0.6 is 0 Å². The summed E-state index contributed by atoms with van der Waals surface area (Å²) in [7, 11) is 0. The first-order valence-corrected chi connectivity index (χ1v) is 9.08. The fourth-order valence-electron chi connectivity index (χ4n) is 3.86. The summed E-state index contributed by atoms with van der Waals surface area (Å²) in [6.07, 6.45) is 1.05. The summed E-state index contributed by atoms with van der Waals surface area (Å²) in [5, 5.41) is 22.0. The Kier molecular flexibility index (Phi) is 4.96. The van der Waals surface area contributed by atoms with Gasteiger partial charge in [-0.05, 0) is 33.3 Å². The summed E-state index contributed by atoms with van der Waals surface area (Å²) in [6, 6.07) is 0. The van der Waals surface area contributed by atoms with Crippen molar-refractivity contribution in [3.8, 4) is 0 Å². The molecule has 0 aromatic carbocycles. The van der Waals surface area contributed by atoms with E-state index in [1.165, 1.54) is 13.8 Å². The van der Waals surface area contributed by atoms with Crippen molar-refractivity contribution < 1.29 is 38.7 Å². The van der Waals surface area contributed by atoms with E-state index in [1.54, 1.807) is 19.9 Å². The predicted octanol–water partition coefficient (Wildman–Crippen LogP) is 1.10. The number of ether oxygens (including phenoxy) is 4. The zero-order valence-electron chi connectivity index (χ0n) is 16.0. The average Bonchev–Trinajstić information content (AvgIpc) is 3.01. The van der Waals surface area contributed by atoms with Crippen LogP contribution in [0.15, 0.2) is 23.0 Å². The molecule has 0 saturated carbocycles. The predicted molar refractivity (Wildman–Crippen MR) is 92.2 cm³/mol. The lowest BCUT2D eigenvalue weighted by Crippen LogP contribution is -2.54. The fourth-order valence-corrected chi connectivity index (χ4v) is 3.86. The van der Waals surface area contributed by atoms with Gasteiger partial charge in [0.2, 0.25) is 0 Å². The number of carbonyl (C=O) groups excluding carboxylic acids is 2. The summed E-state index contributed by atoms with van der Waals surface area (Å²) in [5.41, 5.74) is -2.10. The van der Waals surface area contributed by atoms with Gasteiger partial charge in [0.25, 0.3) is 0 Å². The first-order chi connectivity index (χ1) is 12.5. The molecular weight excluding hydrogens is 356 g/mol. The monoisotopic (exact) mass is 382 g/mol. The van der Waals surface area contributed by atoms with Crippen molar-refractivity contribution >= 4 is 11.9 Å². The van der Waals surface area contributed by atoms with Crippen LogP contribution in [0, 0.1) is 0 Å². The van der Waals surface area contributed by atoms with Crippen LogP contribution in [-0.4, -0.2) is 58.5 Å². The van der Waals surface area contributed by atoms with Gasteiger partial charge in [-0.2, -0.15) is 0 Å². The van der Waals surface area contributed by atoms with Crippen molar-refractivity contribution in [3.05, 3.63) is 23.0 Å². The molecule has 0 radical (unpaired) electrons. The molecule has 3 aliphatic rings. The maximum absolute atomic E-state index is 12.4. The van der Waals surface area contributed by atoms with E-state index < -0.39 is 35.0 Å². The van der Waals surface area contributed by atoms with Gasteiger partial charge in [-0.25, -0.2) is 4.79 Å². The van der Waals surface area contributed by atoms with E-state index in [0.717, 1.165) is 0 Å². The number of hydrogen-bond acceptors (Lipinski definition) is 8. The number of hydrogen-bond donors (Lipinski definition) is 2. The Morgan fingerprint density at radius 2 is 2.04 bits per heavy atom. The molecule has 8 nitrogen and oxygen atoms in total. The molecule has 27 heavy (non-hydrogen) atoms. The minimum atomic E-state index is -1.82. The molecule has 0 unspecified atom stereocenters. The lowest BCUT2D eigenvalue weighted by molar-refractivity contribution is -0.298. The highest BCUT2D eigenvalue weighted by molar-refractivity contribution is 5.95. The van der Waals surface area contributed by atoms with E-state index >= 15 is 0 Å². The van der Waals surface area contributed by atoms with Gasteiger partial charge in [-0.1, -0.05) is 0 Å². The highest BCUT2D eigenvalue weighted by Gasteiger charge is 2.58. The number of rotatable bonds is 4. The second-order valence-electron chi connectivity index (χ2n) is 7.70. The topological polar surface area (TPSA) is 112 Å². The number of fused-ring (bicyclic) bond motifs is 3. The molecule has 0 aliphatic carbocycles. The number of carbonyl (C=O) groups is 2. The first kappa shape index (κ1) is 20.0.